The minimum atomic E-state index is -0.280. The molecule has 3 fully saturated rings. The van der Waals surface area contributed by atoms with Gasteiger partial charge in [0.05, 0.1) is 6.04 Å². The van der Waals surface area contributed by atoms with E-state index in [0.717, 1.165) is 55.0 Å². The predicted molar refractivity (Wildman–Crippen MR) is 120 cm³/mol. The molecule has 1 unspecified atom stereocenters. The molecule has 0 saturated carbocycles. The number of nitrogens with zero attached hydrogens (tertiary/aromatic N) is 1. The van der Waals surface area contributed by atoms with E-state index in [1.54, 1.807) is 0 Å². The fraction of sp³-hybridized carbons (Fsp3) is 0.480. The molecule has 158 valence electrons. The molecule has 2 aromatic carbocycles. The predicted octanol–water partition coefficient (Wildman–Crippen LogP) is 5.55. The molecular formula is C25H29ClN2O2. The second-order valence-corrected chi connectivity index (χ2v) is 10.1. The Hall–Kier alpha value is -2.04. The van der Waals surface area contributed by atoms with Crippen LogP contribution in [0.1, 0.15) is 50.3 Å². The zero-order valence-electron chi connectivity index (χ0n) is 17.7. The summed E-state index contributed by atoms with van der Waals surface area (Å²) in [5.41, 5.74) is 4.58. The summed E-state index contributed by atoms with van der Waals surface area (Å²) in [6.07, 6.45) is 2.90. The van der Waals surface area contributed by atoms with Crippen molar-refractivity contribution in [3.8, 4) is 11.1 Å². The van der Waals surface area contributed by atoms with Crippen LogP contribution in [0.4, 0.5) is 4.79 Å². The molecule has 4 aliphatic rings. The van der Waals surface area contributed by atoms with Crippen molar-refractivity contribution >= 4 is 17.7 Å². The summed E-state index contributed by atoms with van der Waals surface area (Å²) in [7, 11) is 0. The summed E-state index contributed by atoms with van der Waals surface area (Å²) in [5.74, 6) is 0.520. The summed E-state index contributed by atoms with van der Waals surface area (Å²) < 4.78 is 5.87. The van der Waals surface area contributed by atoms with Gasteiger partial charge in [-0.2, -0.15) is 0 Å². The molecule has 1 N–H and O–H groups in total. The summed E-state index contributed by atoms with van der Waals surface area (Å²) in [6.45, 7) is 7.64. The first-order chi connectivity index (χ1) is 14.4. The number of alkyl carbamates (subject to hydrolysis) is 1. The van der Waals surface area contributed by atoms with Crippen LogP contribution >= 0.6 is 11.6 Å². The highest BCUT2D eigenvalue weighted by Crippen LogP contribution is 2.46. The molecule has 3 saturated heterocycles. The standard InChI is InChI=1S/C25H29ClN2O2/c1-25(2)14-22(27-24(29)30-23-15-28-11-9-16(23)10-12-28)19-8-7-17(13-20(19)25)18-5-3-4-6-21(18)26/h3-8,13,16,22-23H,9-12,14-15H2,1-2H3,(H,27,29)/t22?,23-/m0/s1. The summed E-state index contributed by atoms with van der Waals surface area (Å²) in [4.78, 5) is 15.1. The first-order valence-corrected chi connectivity index (χ1v) is 11.4. The number of carbonyl (C=O) groups is 1. The van der Waals surface area contributed by atoms with Crippen molar-refractivity contribution in [1.82, 2.24) is 10.2 Å². The highest BCUT2D eigenvalue weighted by Gasteiger charge is 2.40. The maximum Gasteiger partial charge on any atom is 0.407 e. The highest BCUT2D eigenvalue weighted by molar-refractivity contribution is 6.33. The molecule has 5 heteroatoms. The Bertz CT molecular complexity index is 965. The van der Waals surface area contributed by atoms with E-state index < -0.39 is 0 Å². The van der Waals surface area contributed by atoms with E-state index >= 15 is 0 Å². The first-order valence-electron chi connectivity index (χ1n) is 11.0. The van der Waals surface area contributed by atoms with Gasteiger partial charge in [-0.15, -0.1) is 0 Å². The average Bonchev–Trinajstić information content (AvgIpc) is 2.98. The average molecular weight is 425 g/mol. The monoisotopic (exact) mass is 424 g/mol. The Morgan fingerprint density at radius 1 is 1.17 bits per heavy atom. The van der Waals surface area contributed by atoms with Gasteiger partial charge in [0, 0.05) is 17.1 Å². The number of amides is 1. The molecule has 3 heterocycles. The number of halogens is 1. The van der Waals surface area contributed by atoms with Crippen LogP contribution in [0.2, 0.25) is 5.02 Å². The van der Waals surface area contributed by atoms with Crippen molar-refractivity contribution in [1.29, 1.82) is 0 Å². The number of nitrogens with one attached hydrogen (secondary N) is 1. The van der Waals surface area contributed by atoms with E-state index in [9.17, 15) is 4.79 Å². The van der Waals surface area contributed by atoms with Crippen molar-refractivity contribution in [3.63, 3.8) is 0 Å². The van der Waals surface area contributed by atoms with Crippen LogP contribution in [0.15, 0.2) is 42.5 Å². The molecule has 3 aliphatic heterocycles. The third kappa shape index (κ3) is 3.61. The van der Waals surface area contributed by atoms with Crippen LogP contribution in [0, 0.1) is 5.92 Å². The molecule has 2 bridgehead atoms. The SMILES string of the molecule is CC1(C)CC(NC(=O)O[C@H]2CN3CCC2CC3)c2ccc(-c3ccccc3Cl)cc21. The Morgan fingerprint density at radius 3 is 2.63 bits per heavy atom. The van der Waals surface area contributed by atoms with Crippen LogP contribution in [-0.4, -0.2) is 36.7 Å². The van der Waals surface area contributed by atoms with Gasteiger partial charge in [-0.05, 0) is 66.4 Å². The minimum Gasteiger partial charge on any atom is -0.445 e. The quantitative estimate of drug-likeness (QED) is 0.702. The van der Waals surface area contributed by atoms with Crippen LogP contribution in [0.5, 0.6) is 0 Å². The van der Waals surface area contributed by atoms with Gasteiger partial charge in [0.25, 0.3) is 0 Å². The molecule has 0 radical (unpaired) electrons. The van der Waals surface area contributed by atoms with Crippen molar-refractivity contribution in [2.45, 2.75) is 50.7 Å². The number of hydrogen-bond acceptors (Lipinski definition) is 3. The van der Waals surface area contributed by atoms with Gasteiger partial charge in [-0.3, -0.25) is 4.90 Å². The van der Waals surface area contributed by atoms with Gasteiger partial charge in [-0.25, -0.2) is 4.79 Å². The van der Waals surface area contributed by atoms with Gasteiger partial charge in [0.1, 0.15) is 6.10 Å². The molecule has 1 amide bonds. The molecule has 2 aromatic rings. The number of piperidine rings is 3. The maximum absolute atomic E-state index is 12.7. The molecule has 1 aliphatic carbocycles. The van der Waals surface area contributed by atoms with Gasteiger partial charge >= 0.3 is 6.09 Å². The van der Waals surface area contributed by atoms with E-state index in [2.05, 4.69) is 42.3 Å². The molecule has 0 aromatic heterocycles. The lowest BCUT2D eigenvalue weighted by molar-refractivity contribution is -0.0339. The fourth-order valence-corrected chi connectivity index (χ4v) is 5.77. The van der Waals surface area contributed by atoms with Gasteiger partial charge < -0.3 is 10.1 Å². The summed E-state index contributed by atoms with van der Waals surface area (Å²) >= 11 is 6.42. The lowest BCUT2D eigenvalue weighted by Crippen LogP contribution is -2.52. The minimum absolute atomic E-state index is 0.0242. The van der Waals surface area contributed by atoms with Crippen LogP contribution < -0.4 is 5.32 Å². The number of rotatable bonds is 3. The third-order valence-electron chi connectivity index (χ3n) is 7.20. The Balaban J connectivity index is 1.34. The Labute approximate surface area is 183 Å². The number of ether oxygens (including phenoxy) is 1. The number of fused-ring (bicyclic) bond motifs is 4. The van der Waals surface area contributed by atoms with Crippen LogP contribution in [0.3, 0.4) is 0 Å². The second-order valence-electron chi connectivity index (χ2n) is 9.65. The van der Waals surface area contributed by atoms with E-state index in [1.807, 2.05) is 24.3 Å². The smallest absolute Gasteiger partial charge is 0.407 e. The van der Waals surface area contributed by atoms with Crippen molar-refractivity contribution in [2.75, 3.05) is 19.6 Å². The number of benzene rings is 2. The van der Waals surface area contributed by atoms with E-state index in [1.165, 1.54) is 11.1 Å². The topological polar surface area (TPSA) is 41.6 Å². The van der Waals surface area contributed by atoms with E-state index in [4.69, 9.17) is 16.3 Å². The lowest BCUT2D eigenvalue weighted by Gasteiger charge is -2.43. The van der Waals surface area contributed by atoms with Gasteiger partial charge in [-0.1, -0.05) is 61.8 Å². The van der Waals surface area contributed by atoms with Gasteiger partial charge in [0.15, 0.2) is 0 Å². The van der Waals surface area contributed by atoms with Crippen LogP contribution in [-0.2, 0) is 10.2 Å². The van der Waals surface area contributed by atoms with Crippen LogP contribution in [0.25, 0.3) is 11.1 Å². The Morgan fingerprint density at radius 2 is 1.93 bits per heavy atom. The Kier molecular flexibility index (Phi) is 5.03. The van der Waals surface area contributed by atoms with Gasteiger partial charge in [0.2, 0.25) is 0 Å². The van der Waals surface area contributed by atoms with E-state index in [-0.39, 0.29) is 23.7 Å². The highest BCUT2D eigenvalue weighted by atomic mass is 35.5. The first kappa shape index (κ1) is 19.9. The largest absolute Gasteiger partial charge is 0.445 e. The lowest BCUT2D eigenvalue weighted by atomic mass is 9.85. The maximum atomic E-state index is 12.7. The summed E-state index contributed by atoms with van der Waals surface area (Å²) in [5, 5.41) is 3.92. The third-order valence-corrected chi connectivity index (χ3v) is 7.53. The zero-order chi connectivity index (χ0) is 20.9. The normalized spacial score (nSPS) is 28.8. The molecule has 4 nitrogen and oxygen atoms in total. The number of carbonyl (C=O) groups excluding carboxylic acids is 1. The van der Waals surface area contributed by atoms with E-state index in [0.29, 0.717) is 5.92 Å². The molecular weight excluding hydrogens is 396 g/mol. The van der Waals surface area contributed by atoms with Crippen molar-refractivity contribution in [3.05, 3.63) is 58.6 Å². The fourth-order valence-electron chi connectivity index (χ4n) is 5.53. The molecule has 0 spiro atoms. The van der Waals surface area contributed by atoms with Crippen molar-refractivity contribution in [2.24, 2.45) is 5.92 Å². The second kappa shape index (κ2) is 7.58. The molecule has 2 atom stereocenters. The molecule has 6 rings (SSSR count). The summed E-state index contributed by atoms with van der Waals surface area (Å²) in [6, 6.07) is 14.4. The number of hydrogen-bond donors (Lipinski definition) is 1. The van der Waals surface area contributed by atoms with Crippen molar-refractivity contribution < 1.29 is 9.53 Å². The molecule has 30 heavy (non-hydrogen) atoms. The zero-order valence-corrected chi connectivity index (χ0v) is 18.4.